The molecule has 2 amide bonds. The van der Waals surface area contributed by atoms with Gasteiger partial charge in [0.15, 0.2) is 0 Å². The number of carbonyl (C=O) groups excluding carboxylic acids is 1. The molecule has 144 valence electrons. The number of amides is 2. The van der Waals surface area contributed by atoms with Crippen LogP contribution >= 0.6 is 0 Å². The lowest BCUT2D eigenvalue weighted by molar-refractivity contribution is 0.191. The summed E-state index contributed by atoms with van der Waals surface area (Å²) in [5.41, 5.74) is 1.91. The number of hydrogen-bond acceptors (Lipinski definition) is 6. The molecule has 26 heavy (non-hydrogen) atoms. The fourth-order valence-corrected chi connectivity index (χ4v) is 3.27. The summed E-state index contributed by atoms with van der Waals surface area (Å²) in [5, 5.41) is 16.1. The summed E-state index contributed by atoms with van der Waals surface area (Å²) >= 11 is 0. The van der Waals surface area contributed by atoms with Crippen molar-refractivity contribution < 1.29 is 9.53 Å². The van der Waals surface area contributed by atoms with Gasteiger partial charge in [-0.25, -0.2) is 4.79 Å². The van der Waals surface area contributed by atoms with Gasteiger partial charge in [-0.2, -0.15) is 0 Å². The van der Waals surface area contributed by atoms with Crippen LogP contribution in [0, 0.1) is 0 Å². The van der Waals surface area contributed by atoms with Crippen molar-refractivity contribution in [3.05, 3.63) is 23.8 Å². The number of urea groups is 1. The Hall–Kier alpha value is -1.87. The number of benzene rings is 1. The zero-order chi connectivity index (χ0) is 18.5. The molecular weight excluding hydrogens is 332 g/mol. The van der Waals surface area contributed by atoms with Crippen molar-refractivity contribution in [3.63, 3.8) is 0 Å². The van der Waals surface area contributed by atoms with Gasteiger partial charge in [-0.05, 0) is 51.2 Å². The summed E-state index contributed by atoms with van der Waals surface area (Å²) in [5.74, 6) is 0.909. The van der Waals surface area contributed by atoms with E-state index in [1.807, 2.05) is 18.2 Å². The SMILES string of the molecule is CC1CC(NCCN(C)C)NC(NC(=O)Nc2ccc3c(c2)CCO3)N1. The predicted molar refractivity (Wildman–Crippen MR) is 102 cm³/mol. The topological polar surface area (TPSA) is 89.7 Å². The summed E-state index contributed by atoms with van der Waals surface area (Å²) in [7, 11) is 4.11. The van der Waals surface area contributed by atoms with Gasteiger partial charge in [0.1, 0.15) is 12.0 Å². The van der Waals surface area contributed by atoms with Crippen molar-refractivity contribution in [2.24, 2.45) is 0 Å². The van der Waals surface area contributed by atoms with Gasteiger partial charge in [-0.15, -0.1) is 0 Å². The number of fused-ring (bicyclic) bond motifs is 1. The maximum Gasteiger partial charge on any atom is 0.321 e. The molecule has 1 aromatic carbocycles. The van der Waals surface area contributed by atoms with Crippen LogP contribution < -0.4 is 31.3 Å². The lowest BCUT2D eigenvalue weighted by Gasteiger charge is -2.37. The Labute approximate surface area is 155 Å². The van der Waals surface area contributed by atoms with Crippen molar-refractivity contribution in [1.29, 1.82) is 0 Å². The molecule has 0 saturated carbocycles. The van der Waals surface area contributed by atoms with Crippen molar-refractivity contribution in [2.45, 2.75) is 38.3 Å². The number of carbonyl (C=O) groups is 1. The molecule has 2 aliphatic rings. The van der Waals surface area contributed by atoms with Gasteiger partial charge in [0.05, 0.1) is 12.8 Å². The fraction of sp³-hybridized carbons (Fsp3) is 0.611. The first-order valence-corrected chi connectivity index (χ1v) is 9.23. The molecule has 8 heteroatoms. The van der Waals surface area contributed by atoms with E-state index in [1.54, 1.807) is 0 Å². The fourth-order valence-electron chi connectivity index (χ4n) is 3.27. The van der Waals surface area contributed by atoms with E-state index in [0.717, 1.165) is 42.9 Å². The molecule has 0 bridgehead atoms. The molecule has 1 aromatic rings. The average Bonchev–Trinajstić information content (AvgIpc) is 3.01. The molecule has 2 heterocycles. The summed E-state index contributed by atoms with van der Waals surface area (Å²) in [4.78, 5) is 14.5. The van der Waals surface area contributed by atoms with Crippen LogP contribution in [0.4, 0.5) is 10.5 Å². The molecule has 1 saturated heterocycles. The number of rotatable bonds is 6. The summed E-state index contributed by atoms with van der Waals surface area (Å²) in [6, 6.07) is 5.80. The molecule has 3 unspecified atom stereocenters. The molecule has 0 aromatic heterocycles. The zero-order valence-corrected chi connectivity index (χ0v) is 15.8. The van der Waals surface area contributed by atoms with E-state index in [1.165, 1.54) is 0 Å². The van der Waals surface area contributed by atoms with Gasteiger partial charge < -0.3 is 25.6 Å². The van der Waals surface area contributed by atoms with Crippen LogP contribution in [0.25, 0.3) is 0 Å². The molecule has 0 radical (unpaired) electrons. The van der Waals surface area contributed by atoms with Gasteiger partial charge in [-0.3, -0.25) is 10.6 Å². The summed E-state index contributed by atoms with van der Waals surface area (Å²) in [6.07, 6.45) is 1.72. The largest absolute Gasteiger partial charge is 0.493 e. The van der Waals surface area contributed by atoms with Gasteiger partial charge >= 0.3 is 6.03 Å². The molecule has 5 N–H and O–H groups in total. The highest BCUT2D eigenvalue weighted by Gasteiger charge is 2.25. The molecular formula is C18H30N6O2. The third kappa shape index (κ3) is 5.31. The maximum absolute atomic E-state index is 12.3. The van der Waals surface area contributed by atoms with E-state index >= 15 is 0 Å². The highest BCUT2D eigenvalue weighted by atomic mass is 16.5. The second-order valence-electron chi connectivity index (χ2n) is 7.23. The Balaban J connectivity index is 1.48. The van der Waals surface area contributed by atoms with Crippen LogP contribution in [0.15, 0.2) is 18.2 Å². The van der Waals surface area contributed by atoms with Crippen LogP contribution in [0.5, 0.6) is 5.75 Å². The number of hydrogen-bond donors (Lipinski definition) is 5. The number of ether oxygens (including phenoxy) is 1. The minimum absolute atomic E-state index is 0.161. The second kappa shape index (κ2) is 8.68. The third-order valence-electron chi connectivity index (χ3n) is 4.58. The monoisotopic (exact) mass is 362 g/mol. The Morgan fingerprint density at radius 2 is 2.19 bits per heavy atom. The number of anilines is 1. The predicted octanol–water partition coefficient (Wildman–Crippen LogP) is 0.475. The van der Waals surface area contributed by atoms with E-state index in [-0.39, 0.29) is 18.5 Å². The van der Waals surface area contributed by atoms with Gasteiger partial charge in [-0.1, -0.05) is 0 Å². The van der Waals surface area contributed by atoms with E-state index < -0.39 is 0 Å². The highest BCUT2D eigenvalue weighted by Crippen LogP contribution is 2.27. The zero-order valence-electron chi connectivity index (χ0n) is 15.8. The van der Waals surface area contributed by atoms with Crippen LogP contribution in [0.2, 0.25) is 0 Å². The maximum atomic E-state index is 12.3. The minimum Gasteiger partial charge on any atom is -0.493 e. The first-order chi connectivity index (χ1) is 12.5. The Morgan fingerprint density at radius 1 is 1.35 bits per heavy atom. The second-order valence-corrected chi connectivity index (χ2v) is 7.23. The number of nitrogens with zero attached hydrogens (tertiary/aromatic N) is 1. The molecule has 0 spiro atoms. The smallest absolute Gasteiger partial charge is 0.321 e. The van der Waals surface area contributed by atoms with Crippen LogP contribution in [-0.2, 0) is 6.42 Å². The van der Waals surface area contributed by atoms with Gasteiger partial charge in [0, 0.05) is 31.2 Å². The minimum atomic E-state index is -0.284. The lowest BCUT2D eigenvalue weighted by Crippen LogP contribution is -2.68. The van der Waals surface area contributed by atoms with Crippen molar-refractivity contribution in [3.8, 4) is 5.75 Å². The molecule has 8 nitrogen and oxygen atoms in total. The summed E-state index contributed by atoms with van der Waals surface area (Å²) < 4.78 is 5.49. The molecule has 3 rings (SSSR count). The first-order valence-electron chi connectivity index (χ1n) is 9.23. The van der Waals surface area contributed by atoms with Crippen molar-refractivity contribution >= 4 is 11.7 Å². The molecule has 1 fully saturated rings. The first kappa shape index (κ1) is 18.9. The average molecular weight is 362 g/mol. The van der Waals surface area contributed by atoms with Crippen LogP contribution in [0.3, 0.4) is 0 Å². The van der Waals surface area contributed by atoms with Crippen molar-refractivity contribution in [1.82, 2.24) is 26.2 Å². The highest BCUT2D eigenvalue weighted by molar-refractivity contribution is 5.89. The standard InChI is InChI=1S/C18H30N6O2/c1-12-10-16(19-7-8-24(2)3)22-17(20-12)23-18(25)21-14-4-5-15-13(11-14)6-9-26-15/h4-5,11-12,16-17,19-20,22H,6-10H2,1-3H3,(H2,21,23,25). The van der Waals surface area contributed by atoms with Crippen LogP contribution in [0.1, 0.15) is 18.9 Å². The lowest BCUT2D eigenvalue weighted by atomic mass is 10.1. The van der Waals surface area contributed by atoms with Gasteiger partial charge in [0.2, 0.25) is 0 Å². The van der Waals surface area contributed by atoms with Crippen molar-refractivity contribution in [2.75, 3.05) is 39.1 Å². The number of nitrogens with one attached hydrogen (secondary N) is 5. The van der Waals surface area contributed by atoms with E-state index in [2.05, 4.69) is 52.5 Å². The quantitative estimate of drug-likeness (QED) is 0.506. The third-order valence-corrected chi connectivity index (χ3v) is 4.58. The van der Waals surface area contributed by atoms with E-state index in [0.29, 0.717) is 12.6 Å². The van der Waals surface area contributed by atoms with E-state index in [9.17, 15) is 4.79 Å². The Bertz CT molecular complexity index is 624. The normalized spacial score (nSPS) is 24.8. The van der Waals surface area contributed by atoms with Gasteiger partial charge in [0.25, 0.3) is 0 Å². The molecule has 3 atom stereocenters. The Kier molecular flexibility index (Phi) is 6.31. The summed E-state index contributed by atoms with van der Waals surface area (Å²) in [6.45, 7) is 4.70. The Morgan fingerprint density at radius 3 is 3.00 bits per heavy atom. The number of likely N-dealkylation sites (N-methyl/N-ethyl adjacent to an activating group) is 1. The van der Waals surface area contributed by atoms with Crippen LogP contribution in [-0.4, -0.2) is 63.2 Å². The van der Waals surface area contributed by atoms with E-state index in [4.69, 9.17) is 4.74 Å². The molecule has 2 aliphatic heterocycles. The molecule has 0 aliphatic carbocycles.